The predicted molar refractivity (Wildman–Crippen MR) is 217 cm³/mol. The fourth-order valence-corrected chi connectivity index (χ4v) is 10.0. The van der Waals surface area contributed by atoms with Crippen molar-refractivity contribution in [3.63, 3.8) is 0 Å². The fourth-order valence-electron chi connectivity index (χ4n) is 7.79. The highest BCUT2D eigenvalue weighted by atomic mass is 32.1. The number of hydrogen-bond donors (Lipinski definition) is 0. The molecule has 0 radical (unpaired) electrons. The topological polar surface area (TPSA) is 16.4 Å². The normalized spacial score (nSPS) is 12.0. The molecule has 0 spiro atoms. The molecule has 0 unspecified atom stereocenters. The summed E-state index contributed by atoms with van der Waals surface area (Å²) in [4.78, 5) is 2.44. The third kappa shape index (κ3) is 4.13. The van der Waals surface area contributed by atoms with Crippen LogP contribution < -0.4 is 4.90 Å². The molecule has 0 aliphatic rings. The maximum absolute atomic E-state index is 6.63. The number of fused-ring (bicyclic) bond motifs is 12. The zero-order valence-corrected chi connectivity index (χ0v) is 28.4. The van der Waals surface area contributed by atoms with Gasteiger partial charge in [0.15, 0.2) is 0 Å². The van der Waals surface area contributed by atoms with E-state index >= 15 is 0 Å². The summed E-state index contributed by atoms with van der Waals surface area (Å²) in [5.74, 6) is 0. The maximum Gasteiger partial charge on any atom is 0.143 e. The van der Waals surface area contributed by atoms with Crippen LogP contribution in [0.15, 0.2) is 168 Å². The van der Waals surface area contributed by atoms with E-state index in [0.717, 1.165) is 33.3 Å². The zero-order chi connectivity index (χ0) is 32.8. The zero-order valence-electron chi connectivity index (χ0n) is 26.8. The molecule has 11 rings (SSSR count). The van der Waals surface area contributed by atoms with Gasteiger partial charge in [-0.05, 0) is 83.2 Å². The van der Waals surface area contributed by atoms with Crippen LogP contribution >= 0.6 is 22.7 Å². The Morgan fingerprint density at radius 2 is 1.08 bits per heavy atom. The average Bonchev–Trinajstić information content (AvgIpc) is 3.87. The number of nitrogens with zero attached hydrogens (tertiary/aromatic N) is 1. The van der Waals surface area contributed by atoms with Crippen molar-refractivity contribution in [3.8, 4) is 11.1 Å². The summed E-state index contributed by atoms with van der Waals surface area (Å²) < 4.78 is 11.8. The van der Waals surface area contributed by atoms with Crippen molar-refractivity contribution in [2.45, 2.75) is 0 Å². The van der Waals surface area contributed by atoms with E-state index in [2.05, 4.69) is 169 Å². The molecule has 0 aliphatic heterocycles. The molecule has 0 amide bonds. The van der Waals surface area contributed by atoms with E-state index in [1.54, 1.807) is 0 Å². The Morgan fingerprint density at radius 3 is 1.96 bits per heavy atom. The van der Waals surface area contributed by atoms with Gasteiger partial charge in [0, 0.05) is 67.9 Å². The molecule has 11 aromatic rings. The molecular weight excluding hydrogens is 647 g/mol. The van der Waals surface area contributed by atoms with Gasteiger partial charge in [0.1, 0.15) is 11.2 Å². The molecular formula is C46H27NOS2. The molecule has 3 heterocycles. The second-order valence-corrected chi connectivity index (χ2v) is 15.0. The van der Waals surface area contributed by atoms with Crippen molar-refractivity contribution in [2.75, 3.05) is 4.90 Å². The molecule has 0 fully saturated rings. The maximum atomic E-state index is 6.63. The lowest BCUT2D eigenvalue weighted by Gasteiger charge is -2.27. The number of thiophene rings is 2. The summed E-state index contributed by atoms with van der Waals surface area (Å²) in [5.41, 5.74) is 7.73. The molecule has 0 aliphatic carbocycles. The van der Waals surface area contributed by atoms with Crippen LogP contribution in [-0.2, 0) is 0 Å². The van der Waals surface area contributed by atoms with E-state index in [0.29, 0.717) is 0 Å². The molecule has 2 nitrogen and oxygen atoms in total. The molecule has 0 atom stereocenters. The average molecular weight is 674 g/mol. The first-order valence-corrected chi connectivity index (χ1v) is 18.5. The Morgan fingerprint density at radius 1 is 0.400 bits per heavy atom. The lowest BCUT2D eigenvalue weighted by molar-refractivity contribution is 0.673. The van der Waals surface area contributed by atoms with E-state index in [1.807, 2.05) is 22.7 Å². The Labute approximate surface area is 295 Å². The third-order valence-electron chi connectivity index (χ3n) is 10.1. The van der Waals surface area contributed by atoms with Gasteiger partial charge in [-0.25, -0.2) is 0 Å². The van der Waals surface area contributed by atoms with E-state index in [9.17, 15) is 0 Å². The molecule has 3 aromatic heterocycles. The second kappa shape index (κ2) is 10.8. The van der Waals surface area contributed by atoms with Crippen molar-refractivity contribution in [2.24, 2.45) is 0 Å². The highest BCUT2D eigenvalue weighted by molar-refractivity contribution is 7.26. The Balaban J connectivity index is 1.19. The quantitative estimate of drug-likeness (QED) is 0.185. The van der Waals surface area contributed by atoms with Crippen molar-refractivity contribution >= 4 is 113 Å². The summed E-state index contributed by atoms with van der Waals surface area (Å²) in [6, 6.07) is 59.4. The van der Waals surface area contributed by atoms with Crippen LogP contribution in [0.4, 0.5) is 17.1 Å². The molecule has 8 aromatic carbocycles. The lowest BCUT2D eigenvalue weighted by atomic mass is 10.0. The van der Waals surface area contributed by atoms with Crippen LogP contribution in [0.5, 0.6) is 0 Å². The second-order valence-electron chi connectivity index (χ2n) is 12.9. The minimum Gasteiger partial charge on any atom is -0.455 e. The van der Waals surface area contributed by atoms with Crippen LogP contribution in [0, 0.1) is 0 Å². The standard InChI is InChI=1S/C46H27NOS2/c1-2-9-28(10-3-1)29-17-20-31(21-18-29)47(37-14-8-16-41-43(37)34-13-6-7-15-39(34)49-41)32-22-25-40-36(27-32)45-42(50-40)26-24-38-44(45)35-23-19-30-11-4-5-12-33(30)46(35)48-38/h1-27H. The van der Waals surface area contributed by atoms with Gasteiger partial charge < -0.3 is 9.32 Å². The summed E-state index contributed by atoms with van der Waals surface area (Å²) in [5, 5.41) is 9.77. The van der Waals surface area contributed by atoms with Gasteiger partial charge in [-0.15, -0.1) is 22.7 Å². The van der Waals surface area contributed by atoms with Crippen LogP contribution in [0.1, 0.15) is 0 Å². The van der Waals surface area contributed by atoms with Crippen LogP contribution in [0.3, 0.4) is 0 Å². The summed E-state index contributed by atoms with van der Waals surface area (Å²) >= 11 is 3.71. The highest BCUT2D eigenvalue weighted by Gasteiger charge is 2.21. The number of furan rings is 1. The Kier molecular flexibility index (Phi) is 6.03. The van der Waals surface area contributed by atoms with Crippen molar-refractivity contribution < 1.29 is 4.42 Å². The number of hydrogen-bond acceptors (Lipinski definition) is 4. The first kappa shape index (κ1) is 28.0. The van der Waals surface area contributed by atoms with Crippen LogP contribution in [0.25, 0.3) is 84.2 Å². The summed E-state index contributed by atoms with van der Waals surface area (Å²) in [6.07, 6.45) is 0. The van der Waals surface area contributed by atoms with Gasteiger partial charge in [0.2, 0.25) is 0 Å². The van der Waals surface area contributed by atoms with E-state index in [4.69, 9.17) is 4.42 Å². The number of rotatable bonds is 4. The van der Waals surface area contributed by atoms with Crippen molar-refractivity contribution in [1.82, 2.24) is 0 Å². The van der Waals surface area contributed by atoms with Gasteiger partial charge in [-0.1, -0.05) is 97.1 Å². The van der Waals surface area contributed by atoms with Crippen molar-refractivity contribution in [3.05, 3.63) is 164 Å². The van der Waals surface area contributed by atoms with Crippen LogP contribution in [0.2, 0.25) is 0 Å². The van der Waals surface area contributed by atoms with Crippen LogP contribution in [-0.4, -0.2) is 0 Å². The van der Waals surface area contributed by atoms with Gasteiger partial charge >= 0.3 is 0 Å². The SMILES string of the molecule is c1ccc(-c2ccc(N(c3ccc4sc5ccc6oc7c8ccccc8ccc7c6c5c4c3)c3cccc4sc5ccccc5c34)cc2)cc1. The van der Waals surface area contributed by atoms with E-state index in [-0.39, 0.29) is 0 Å². The molecule has 0 bridgehead atoms. The molecule has 0 saturated heterocycles. The first-order chi connectivity index (χ1) is 24.8. The van der Waals surface area contributed by atoms with E-state index in [1.165, 1.54) is 67.9 Å². The molecule has 234 valence electrons. The van der Waals surface area contributed by atoms with Gasteiger partial charge in [-0.2, -0.15) is 0 Å². The minimum atomic E-state index is 0.928. The summed E-state index contributed by atoms with van der Waals surface area (Å²) in [7, 11) is 0. The largest absolute Gasteiger partial charge is 0.455 e. The highest BCUT2D eigenvalue weighted by Crippen LogP contribution is 2.48. The fraction of sp³-hybridized carbons (Fsp3) is 0. The van der Waals surface area contributed by atoms with Crippen molar-refractivity contribution in [1.29, 1.82) is 0 Å². The number of benzene rings is 8. The third-order valence-corrected chi connectivity index (χ3v) is 12.3. The van der Waals surface area contributed by atoms with Gasteiger partial charge in [-0.3, -0.25) is 0 Å². The van der Waals surface area contributed by atoms with E-state index < -0.39 is 0 Å². The molecule has 50 heavy (non-hydrogen) atoms. The molecule has 0 N–H and O–H groups in total. The number of anilines is 3. The summed E-state index contributed by atoms with van der Waals surface area (Å²) in [6.45, 7) is 0. The van der Waals surface area contributed by atoms with Gasteiger partial charge in [0.05, 0.1) is 5.69 Å². The Bertz CT molecular complexity index is 3090. The van der Waals surface area contributed by atoms with Gasteiger partial charge in [0.25, 0.3) is 0 Å². The minimum absolute atomic E-state index is 0.928. The monoisotopic (exact) mass is 673 g/mol. The lowest BCUT2D eigenvalue weighted by Crippen LogP contribution is -2.10. The Hall–Kier alpha value is -5.94. The molecule has 4 heteroatoms. The first-order valence-electron chi connectivity index (χ1n) is 16.8. The molecule has 0 saturated carbocycles. The smallest absolute Gasteiger partial charge is 0.143 e. The predicted octanol–water partition coefficient (Wildman–Crippen LogP) is 14.6.